The van der Waals surface area contributed by atoms with Gasteiger partial charge in [0.25, 0.3) is 5.91 Å². The summed E-state index contributed by atoms with van der Waals surface area (Å²) in [5, 5.41) is 23.2. The maximum Gasteiger partial charge on any atom is 0.262 e. The topological polar surface area (TPSA) is 94.8 Å². The van der Waals surface area contributed by atoms with E-state index in [1.807, 2.05) is 30.3 Å². The Bertz CT molecular complexity index is 945. The van der Waals surface area contributed by atoms with Gasteiger partial charge in [-0.3, -0.25) is 4.79 Å². The Hall–Kier alpha value is -2.92. The largest absolute Gasteiger partial charge is 0.394 e. The molecule has 0 aliphatic carbocycles. The molecule has 2 N–H and O–H groups in total. The molecule has 7 heteroatoms. The molecule has 2 aromatic rings. The Balaban J connectivity index is 1.68. The van der Waals surface area contributed by atoms with E-state index in [0.29, 0.717) is 26.4 Å². The van der Waals surface area contributed by atoms with E-state index in [2.05, 4.69) is 22.3 Å². The van der Waals surface area contributed by atoms with Crippen LogP contribution in [0.1, 0.15) is 18.4 Å². The predicted molar refractivity (Wildman–Crippen MR) is 121 cm³/mol. The van der Waals surface area contributed by atoms with Crippen molar-refractivity contribution >= 4 is 28.4 Å². The molecule has 0 aromatic heterocycles. The van der Waals surface area contributed by atoms with E-state index >= 15 is 0 Å². The number of carbonyl (C=O) groups excluding carboxylic acids is 1. The van der Waals surface area contributed by atoms with Gasteiger partial charge >= 0.3 is 0 Å². The number of aliphatic hydroxyl groups is 1. The Labute approximate surface area is 182 Å². The van der Waals surface area contributed by atoms with Gasteiger partial charge in [0.1, 0.15) is 11.6 Å². The average molecular weight is 424 g/mol. The van der Waals surface area contributed by atoms with Crippen LogP contribution in [0.25, 0.3) is 16.8 Å². The fourth-order valence-electron chi connectivity index (χ4n) is 3.70. The first-order valence-electron chi connectivity index (χ1n) is 10.7. The molecule has 7 nitrogen and oxygen atoms in total. The van der Waals surface area contributed by atoms with Gasteiger partial charge in [-0.25, -0.2) is 0 Å². The molecule has 0 atom stereocenters. The van der Waals surface area contributed by atoms with Crippen molar-refractivity contribution in [3.63, 3.8) is 0 Å². The zero-order chi connectivity index (χ0) is 21.9. The van der Waals surface area contributed by atoms with E-state index in [1.54, 1.807) is 6.08 Å². The molecular formula is C24H29N3O4. The number of nitrogens with one attached hydrogen (secondary N) is 1. The summed E-state index contributed by atoms with van der Waals surface area (Å²) in [6.45, 7) is 3.61. The fourth-order valence-corrected chi connectivity index (χ4v) is 3.70. The molecule has 31 heavy (non-hydrogen) atoms. The smallest absolute Gasteiger partial charge is 0.262 e. The highest BCUT2D eigenvalue weighted by Gasteiger charge is 2.19. The lowest BCUT2D eigenvalue weighted by molar-refractivity contribution is -0.117. The van der Waals surface area contributed by atoms with Gasteiger partial charge in [-0.1, -0.05) is 36.4 Å². The predicted octanol–water partition coefficient (Wildman–Crippen LogP) is 2.49. The third-order valence-corrected chi connectivity index (χ3v) is 5.16. The van der Waals surface area contributed by atoms with E-state index in [-0.39, 0.29) is 18.8 Å². The number of aliphatic hydroxyl groups excluding tert-OH is 1. The number of carbonyl (C=O) groups is 1. The van der Waals surface area contributed by atoms with Crippen LogP contribution in [0.2, 0.25) is 0 Å². The van der Waals surface area contributed by atoms with Gasteiger partial charge in [-0.2, -0.15) is 5.26 Å². The highest BCUT2D eigenvalue weighted by molar-refractivity contribution is 6.05. The summed E-state index contributed by atoms with van der Waals surface area (Å²) < 4.78 is 10.5. The van der Waals surface area contributed by atoms with Gasteiger partial charge in [-0.05, 0) is 29.9 Å². The van der Waals surface area contributed by atoms with Crippen molar-refractivity contribution in [2.75, 3.05) is 57.6 Å². The van der Waals surface area contributed by atoms with Gasteiger partial charge < -0.3 is 24.8 Å². The van der Waals surface area contributed by atoms with Crippen LogP contribution in [0.15, 0.2) is 42.0 Å². The quantitative estimate of drug-likeness (QED) is 0.328. The van der Waals surface area contributed by atoms with Gasteiger partial charge in [0, 0.05) is 25.0 Å². The number of nitrogens with zero attached hydrogens (tertiary/aromatic N) is 2. The molecule has 3 rings (SSSR count). The molecule has 0 saturated carbocycles. The molecule has 0 spiro atoms. The summed E-state index contributed by atoms with van der Waals surface area (Å²) in [7, 11) is 0. The molecule has 1 fully saturated rings. The SMILES string of the molecule is N#C/C(=C\c1ccc2ccccc2c1N1CCCC1)C(=O)NCCOCCOCCO. The number of fused-ring (bicyclic) bond motifs is 1. The Morgan fingerprint density at radius 3 is 2.58 bits per heavy atom. The van der Waals surface area contributed by atoms with Gasteiger partial charge in [-0.15, -0.1) is 0 Å². The van der Waals surface area contributed by atoms with Crippen molar-refractivity contribution < 1.29 is 19.4 Å². The zero-order valence-corrected chi connectivity index (χ0v) is 17.7. The Morgan fingerprint density at radius 2 is 1.84 bits per heavy atom. The number of hydrogen-bond donors (Lipinski definition) is 2. The first-order chi connectivity index (χ1) is 15.2. The molecule has 1 aliphatic heterocycles. The van der Waals surface area contributed by atoms with Gasteiger partial charge in [0.2, 0.25) is 0 Å². The van der Waals surface area contributed by atoms with E-state index in [4.69, 9.17) is 14.6 Å². The van der Waals surface area contributed by atoms with Crippen LogP contribution in [0.4, 0.5) is 5.69 Å². The molecule has 2 aromatic carbocycles. The molecule has 1 aliphatic rings. The van der Waals surface area contributed by atoms with E-state index in [1.165, 1.54) is 0 Å². The summed E-state index contributed by atoms with van der Waals surface area (Å²) in [5.41, 5.74) is 2.04. The minimum absolute atomic E-state index is 0.0178. The number of ether oxygens (including phenoxy) is 2. The molecule has 0 unspecified atom stereocenters. The average Bonchev–Trinajstić information content (AvgIpc) is 3.33. The molecule has 0 bridgehead atoms. The van der Waals surface area contributed by atoms with Gasteiger partial charge in [0.05, 0.1) is 38.7 Å². The van der Waals surface area contributed by atoms with Crippen molar-refractivity contribution in [3.05, 3.63) is 47.5 Å². The third kappa shape index (κ3) is 6.28. The minimum Gasteiger partial charge on any atom is -0.394 e. The Kier molecular flexibility index (Phi) is 8.85. The lowest BCUT2D eigenvalue weighted by Gasteiger charge is -2.22. The monoisotopic (exact) mass is 423 g/mol. The van der Waals surface area contributed by atoms with Crippen LogP contribution in [-0.4, -0.2) is 63.7 Å². The summed E-state index contributed by atoms with van der Waals surface area (Å²) in [6.07, 6.45) is 3.96. The van der Waals surface area contributed by atoms with Crippen LogP contribution >= 0.6 is 0 Å². The van der Waals surface area contributed by atoms with Crippen molar-refractivity contribution in [2.24, 2.45) is 0 Å². The molecule has 1 amide bonds. The first-order valence-corrected chi connectivity index (χ1v) is 10.7. The molecule has 1 heterocycles. The first kappa shape index (κ1) is 22.8. The van der Waals surface area contributed by atoms with Crippen molar-refractivity contribution in [3.8, 4) is 6.07 Å². The number of amides is 1. The molecule has 1 saturated heterocycles. The standard InChI is InChI=1S/C24H29N3O4/c25-18-21(24(29)26-9-13-30-15-16-31-14-12-28)17-20-8-7-19-5-1-2-6-22(19)23(20)27-10-3-4-11-27/h1-2,5-8,17,28H,3-4,9-16H2,(H,26,29)/b21-17+. The summed E-state index contributed by atoms with van der Waals surface area (Å²) in [5.74, 6) is -0.414. The van der Waals surface area contributed by atoms with Crippen LogP contribution in [0, 0.1) is 11.3 Å². The second-order valence-corrected chi connectivity index (χ2v) is 7.29. The highest BCUT2D eigenvalue weighted by Crippen LogP contribution is 2.34. The summed E-state index contributed by atoms with van der Waals surface area (Å²) in [4.78, 5) is 14.9. The number of hydrogen-bond acceptors (Lipinski definition) is 6. The van der Waals surface area contributed by atoms with Crippen LogP contribution in [0.3, 0.4) is 0 Å². The maximum atomic E-state index is 12.5. The van der Waals surface area contributed by atoms with Crippen LogP contribution in [-0.2, 0) is 14.3 Å². The van der Waals surface area contributed by atoms with E-state index in [9.17, 15) is 10.1 Å². The normalized spacial score (nSPS) is 14.1. The lowest BCUT2D eigenvalue weighted by atomic mass is 10.0. The highest BCUT2D eigenvalue weighted by atomic mass is 16.5. The number of nitriles is 1. The van der Waals surface area contributed by atoms with Crippen molar-refractivity contribution in [1.29, 1.82) is 5.26 Å². The van der Waals surface area contributed by atoms with Crippen molar-refractivity contribution in [2.45, 2.75) is 12.8 Å². The maximum absolute atomic E-state index is 12.5. The second kappa shape index (κ2) is 12.1. The number of benzene rings is 2. The summed E-state index contributed by atoms with van der Waals surface area (Å²) in [6, 6.07) is 14.2. The molecular weight excluding hydrogens is 394 g/mol. The molecule has 164 valence electrons. The fraction of sp³-hybridized carbons (Fsp3) is 0.417. The molecule has 0 radical (unpaired) electrons. The van der Waals surface area contributed by atoms with Gasteiger partial charge in [0.15, 0.2) is 0 Å². The van der Waals surface area contributed by atoms with Crippen LogP contribution in [0.5, 0.6) is 0 Å². The lowest BCUT2D eigenvalue weighted by Crippen LogP contribution is -2.28. The number of rotatable bonds is 11. The minimum atomic E-state index is -0.414. The van der Waals surface area contributed by atoms with E-state index < -0.39 is 5.91 Å². The zero-order valence-electron chi connectivity index (χ0n) is 17.7. The van der Waals surface area contributed by atoms with Crippen LogP contribution < -0.4 is 10.2 Å². The Morgan fingerprint density at radius 1 is 1.10 bits per heavy atom. The van der Waals surface area contributed by atoms with Crippen molar-refractivity contribution in [1.82, 2.24) is 5.32 Å². The number of anilines is 1. The second-order valence-electron chi connectivity index (χ2n) is 7.29. The summed E-state index contributed by atoms with van der Waals surface area (Å²) >= 11 is 0. The third-order valence-electron chi connectivity index (χ3n) is 5.16. The van der Waals surface area contributed by atoms with E-state index in [0.717, 1.165) is 48.0 Å².